The van der Waals surface area contributed by atoms with Crippen molar-refractivity contribution in [3.8, 4) is 0 Å². The predicted octanol–water partition coefficient (Wildman–Crippen LogP) is 3.50. The van der Waals surface area contributed by atoms with Crippen LogP contribution in [0.4, 0.5) is 4.39 Å². The zero-order valence-corrected chi connectivity index (χ0v) is 14.6. The van der Waals surface area contributed by atoms with Crippen LogP contribution in [0, 0.1) is 5.82 Å². The summed E-state index contributed by atoms with van der Waals surface area (Å²) in [5.74, 6) is -1.94. The van der Waals surface area contributed by atoms with Gasteiger partial charge in [-0.25, -0.2) is 9.18 Å². The highest BCUT2D eigenvalue weighted by atomic mass is 35.5. The van der Waals surface area contributed by atoms with Crippen LogP contribution in [0.1, 0.15) is 54.4 Å². The third-order valence-electron chi connectivity index (χ3n) is 5.04. The van der Waals surface area contributed by atoms with Crippen LogP contribution in [0.25, 0.3) is 10.9 Å². The zero-order chi connectivity index (χ0) is 18.3. The molecule has 134 valence electrons. The van der Waals surface area contributed by atoms with E-state index in [0.717, 1.165) is 31.7 Å². The van der Waals surface area contributed by atoms with Crippen molar-refractivity contribution in [3.63, 3.8) is 0 Å². The number of carbonyl (C=O) groups is 1. The molecule has 0 unspecified atom stereocenters. The highest BCUT2D eigenvalue weighted by molar-refractivity contribution is 6.36. The van der Waals surface area contributed by atoms with E-state index >= 15 is 0 Å². The number of pyridine rings is 1. The Morgan fingerprint density at radius 2 is 2.04 bits per heavy atom. The summed E-state index contributed by atoms with van der Waals surface area (Å²) in [6.45, 7) is 2.23. The minimum atomic E-state index is -1.34. The molecule has 1 aliphatic carbocycles. The first-order valence-corrected chi connectivity index (χ1v) is 8.76. The number of carboxylic acid groups (broad SMARTS) is 1. The van der Waals surface area contributed by atoms with Crippen molar-refractivity contribution >= 4 is 28.5 Å². The number of hydrogen-bond donors (Lipinski definition) is 2. The molecule has 0 radical (unpaired) electrons. The van der Waals surface area contributed by atoms with E-state index in [1.54, 1.807) is 4.57 Å². The average molecular weight is 367 g/mol. The van der Waals surface area contributed by atoms with Gasteiger partial charge in [-0.15, -0.1) is 0 Å². The summed E-state index contributed by atoms with van der Waals surface area (Å²) in [5, 5.41) is 9.42. The van der Waals surface area contributed by atoms with Gasteiger partial charge in [0.2, 0.25) is 5.43 Å². The minimum absolute atomic E-state index is 0.000473. The van der Waals surface area contributed by atoms with E-state index < -0.39 is 17.2 Å². The van der Waals surface area contributed by atoms with Crippen molar-refractivity contribution < 1.29 is 14.3 Å². The maximum atomic E-state index is 14.8. The van der Waals surface area contributed by atoms with Gasteiger partial charge in [0.1, 0.15) is 11.4 Å². The van der Waals surface area contributed by atoms with E-state index in [1.165, 1.54) is 6.20 Å². The Morgan fingerprint density at radius 3 is 2.60 bits per heavy atom. The Balaban J connectivity index is 2.28. The topological polar surface area (TPSA) is 85.3 Å². The second-order valence-corrected chi connectivity index (χ2v) is 6.93. The Morgan fingerprint density at radius 1 is 1.40 bits per heavy atom. The largest absolute Gasteiger partial charge is 0.477 e. The lowest BCUT2D eigenvalue weighted by Gasteiger charge is -2.28. The number of aromatic carboxylic acids is 1. The van der Waals surface area contributed by atoms with Gasteiger partial charge in [0, 0.05) is 24.3 Å². The molecule has 0 amide bonds. The van der Waals surface area contributed by atoms with Crippen molar-refractivity contribution in [1.29, 1.82) is 0 Å². The van der Waals surface area contributed by atoms with Gasteiger partial charge in [-0.1, -0.05) is 11.6 Å². The van der Waals surface area contributed by atoms with Crippen LogP contribution in [0.3, 0.4) is 0 Å². The lowest BCUT2D eigenvalue weighted by Crippen LogP contribution is -2.26. The second kappa shape index (κ2) is 6.77. The minimum Gasteiger partial charge on any atom is -0.477 e. The highest BCUT2D eigenvalue weighted by Crippen LogP contribution is 2.40. The van der Waals surface area contributed by atoms with Crippen LogP contribution >= 0.6 is 11.6 Å². The summed E-state index contributed by atoms with van der Waals surface area (Å²) < 4.78 is 16.4. The fourth-order valence-corrected chi connectivity index (χ4v) is 4.14. The Labute approximate surface area is 149 Å². The molecule has 25 heavy (non-hydrogen) atoms. The highest BCUT2D eigenvalue weighted by Gasteiger charge is 2.27. The van der Waals surface area contributed by atoms with E-state index in [4.69, 9.17) is 17.3 Å². The van der Waals surface area contributed by atoms with Gasteiger partial charge < -0.3 is 15.4 Å². The monoisotopic (exact) mass is 366 g/mol. The lowest BCUT2D eigenvalue weighted by atomic mass is 9.81. The van der Waals surface area contributed by atoms with E-state index in [-0.39, 0.29) is 27.9 Å². The molecule has 1 heterocycles. The quantitative estimate of drug-likeness (QED) is 0.870. The first-order chi connectivity index (χ1) is 11.8. The summed E-state index contributed by atoms with van der Waals surface area (Å²) in [5.41, 5.74) is 5.62. The molecule has 3 rings (SSSR count). The molecule has 1 aliphatic rings. The Bertz CT molecular complexity index is 902. The number of benzene rings is 1. The average Bonchev–Trinajstić information content (AvgIpc) is 2.57. The summed E-state index contributed by atoms with van der Waals surface area (Å²) in [6.07, 6.45) is 4.37. The summed E-state index contributed by atoms with van der Waals surface area (Å²) in [7, 11) is 0. The van der Waals surface area contributed by atoms with Gasteiger partial charge in [-0.2, -0.15) is 0 Å². The standard InChI is InChI=1S/C18H20ClFN2O3/c1-2-22-8-12(18(24)25)17(23)11-7-13(20)14(15(19)16(11)22)9-3-5-10(21)6-4-9/h7-10H,2-6,21H2,1H3,(H,24,25). The number of nitrogens with two attached hydrogens (primary N) is 1. The SMILES string of the molecule is CCn1cc(C(=O)O)c(=O)c2cc(F)c(C3CCC(N)CC3)c(Cl)c21. The van der Waals surface area contributed by atoms with Crippen LogP contribution in [0.15, 0.2) is 17.1 Å². The van der Waals surface area contributed by atoms with Gasteiger partial charge >= 0.3 is 5.97 Å². The number of fused-ring (bicyclic) bond motifs is 1. The van der Waals surface area contributed by atoms with E-state index in [2.05, 4.69) is 0 Å². The molecule has 0 bridgehead atoms. The van der Waals surface area contributed by atoms with Crippen LogP contribution < -0.4 is 11.2 Å². The van der Waals surface area contributed by atoms with Crippen molar-refractivity contribution in [2.75, 3.05) is 0 Å². The molecule has 1 saturated carbocycles. The Hall–Kier alpha value is -1.92. The second-order valence-electron chi connectivity index (χ2n) is 6.56. The molecule has 1 fully saturated rings. The summed E-state index contributed by atoms with van der Waals surface area (Å²) in [6, 6.07) is 1.26. The molecule has 5 nitrogen and oxygen atoms in total. The van der Waals surface area contributed by atoms with Gasteiger partial charge in [0.15, 0.2) is 0 Å². The van der Waals surface area contributed by atoms with E-state index in [1.807, 2.05) is 6.92 Å². The number of aryl methyl sites for hydroxylation is 1. The number of rotatable bonds is 3. The molecule has 1 aromatic carbocycles. The van der Waals surface area contributed by atoms with Crippen LogP contribution in [-0.4, -0.2) is 21.7 Å². The molecule has 0 saturated heterocycles. The predicted molar refractivity (Wildman–Crippen MR) is 95.0 cm³/mol. The van der Waals surface area contributed by atoms with Crippen LogP contribution in [0.5, 0.6) is 0 Å². The molecular formula is C18H20ClFN2O3. The molecule has 2 aromatic rings. The lowest BCUT2D eigenvalue weighted by molar-refractivity contribution is 0.0695. The molecule has 3 N–H and O–H groups in total. The third kappa shape index (κ3) is 3.04. The van der Waals surface area contributed by atoms with E-state index in [0.29, 0.717) is 17.6 Å². The molecule has 1 aromatic heterocycles. The molecule has 0 spiro atoms. The Kier molecular flexibility index (Phi) is 4.84. The van der Waals surface area contributed by atoms with Crippen molar-refractivity contribution in [1.82, 2.24) is 4.57 Å². The number of aromatic nitrogens is 1. The number of hydrogen-bond acceptors (Lipinski definition) is 3. The van der Waals surface area contributed by atoms with Gasteiger partial charge in [-0.05, 0) is 44.6 Å². The fraction of sp³-hybridized carbons (Fsp3) is 0.444. The van der Waals surface area contributed by atoms with E-state index in [9.17, 15) is 19.1 Å². The smallest absolute Gasteiger partial charge is 0.341 e. The summed E-state index contributed by atoms with van der Waals surface area (Å²) >= 11 is 6.53. The van der Waals surface area contributed by atoms with Gasteiger partial charge in [0.05, 0.1) is 15.9 Å². The fourth-order valence-electron chi connectivity index (χ4n) is 3.69. The van der Waals surface area contributed by atoms with Crippen molar-refractivity contribution in [2.24, 2.45) is 5.73 Å². The van der Waals surface area contributed by atoms with Crippen LogP contribution in [0.2, 0.25) is 5.02 Å². The van der Waals surface area contributed by atoms with Crippen molar-refractivity contribution in [2.45, 2.75) is 51.1 Å². The first kappa shape index (κ1) is 17.9. The number of halogens is 2. The third-order valence-corrected chi connectivity index (χ3v) is 5.42. The number of carboxylic acids is 1. The summed E-state index contributed by atoms with van der Waals surface area (Å²) in [4.78, 5) is 23.7. The van der Waals surface area contributed by atoms with Crippen LogP contribution in [-0.2, 0) is 6.54 Å². The molecule has 0 atom stereocenters. The molecule has 0 aliphatic heterocycles. The number of nitrogens with zero attached hydrogens (tertiary/aromatic N) is 1. The molecular weight excluding hydrogens is 347 g/mol. The normalized spacial score (nSPS) is 20.8. The van der Waals surface area contributed by atoms with Gasteiger partial charge in [-0.3, -0.25) is 4.79 Å². The zero-order valence-electron chi connectivity index (χ0n) is 13.9. The molecule has 7 heteroatoms. The first-order valence-electron chi connectivity index (χ1n) is 8.39. The maximum Gasteiger partial charge on any atom is 0.341 e. The maximum absolute atomic E-state index is 14.8. The van der Waals surface area contributed by atoms with Gasteiger partial charge in [0.25, 0.3) is 0 Å². The van der Waals surface area contributed by atoms with Crippen molar-refractivity contribution in [3.05, 3.63) is 44.5 Å².